The zero-order valence-electron chi connectivity index (χ0n) is 17.9. The van der Waals surface area contributed by atoms with Crippen LogP contribution in [0.4, 0.5) is 5.69 Å². The first-order valence-electron chi connectivity index (χ1n) is 10.1. The lowest BCUT2D eigenvalue weighted by molar-refractivity contribution is -0.132. The van der Waals surface area contributed by atoms with Crippen LogP contribution in [0.2, 0.25) is 0 Å². The van der Waals surface area contributed by atoms with E-state index in [2.05, 4.69) is 15.9 Å². The van der Waals surface area contributed by atoms with Crippen LogP contribution in [0, 0.1) is 13.8 Å². The van der Waals surface area contributed by atoms with Crippen molar-refractivity contribution in [3.63, 3.8) is 0 Å². The van der Waals surface area contributed by atoms with Crippen molar-refractivity contribution in [1.82, 2.24) is 0 Å². The summed E-state index contributed by atoms with van der Waals surface area (Å²) in [5.41, 5.74) is 3.70. The van der Waals surface area contributed by atoms with Gasteiger partial charge >= 0.3 is 0 Å². The number of aliphatic hydroxyl groups is 1. The smallest absolute Gasteiger partial charge is 0.300 e. The highest BCUT2D eigenvalue weighted by atomic mass is 79.9. The maximum Gasteiger partial charge on any atom is 0.300 e. The van der Waals surface area contributed by atoms with Crippen molar-refractivity contribution in [2.75, 3.05) is 12.0 Å². The van der Waals surface area contributed by atoms with Gasteiger partial charge in [-0.1, -0.05) is 51.8 Å². The summed E-state index contributed by atoms with van der Waals surface area (Å²) in [5.74, 6) is -1.02. The second-order valence-corrected chi connectivity index (χ2v) is 8.60. The third-order valence-corrected chi connectivity index (χ3v) is 6.49. The third kappa shape index (κ3) is 3.82. The van der Waals surface area contributed by atoms with Gasteiger partial charge in [-0.2, -0.15) is 0 Å². The maximum absolute atomic E-state index is 13.2. The average molecular weight is 492 g/mol. The number of methoxy groups -OCH3 is 1. The van der Waals surface area contributed by atoms with Crippen LogP contribution in [-0.2, 0) is 9.59 Å². The normalized spacial score (nSPS) is 17.6. The molecule has 0 radical (unpaired) electrons. The van der Waals surface area contributed by atoms with E-state index in [1.54, 1.807) is 55.6 Å². The maximum atomic E-state index is 13.2. The molecule has 3 aromatic carbocycles. The number of Topliss-reactive ketones (excluding diaryl/α,β-unsaturated/α-hetero) is 1. The van der Waals surface area contributed by atoms with Gasteiger partial charge < -0.3 is 9.84 Å². The van der Waals surface area contributed by atoms with E-state index in [4.69, 9.17) is 4.74 Å². The number of nitrogens with zero attached hydrogens (tertiary/aromatic N) is 1. The average Bonchev–Trinajstić information content (AvgIpc) is 3.06. The van der Waals surface area contributed by atoms with Gasteiger partial charge in [-0.05, 0) is 61.4 Å². The zero-order valence-corrected chi connectivity index (χ0v) is 19.5. The van der Waals surface area contributed by atoms with Crippen LogP contribution in [0.3, 0.4) is 0 Å². The van der Waals surface area contributed by atoms with Gasteiger partial charge in [0.15, 0.2) is 0 Å². The highest BCUT2D eigenvalue weighted by Gasteiger charge is 2.47. The van der Waals surface area contributed by atoms with Crippen molar-refractivity contribution >= 4 is 39.1 Å². The first-order chi connectivity index (χ1) is 15.3. The quantitative estimate of drug-likeness (QED) is 0.288. The van der Waals surface area contributed by atoms with Gasteiger partial charge in [0.25, 0.3) is 11.7 Å². The molecule has 1 aliphatic rings. The van der Waals surface area contributed by atoms with E-state index in [0.717, 1.165) is 15.6 Å². The van der Waals surface area contributed by atoms with Crippen molar-refractivity contribution in [1.29, 1.82) is 0 Å². The number of carbonyl (C=O) groups excluding carboxylic acids is 2. The minimum absolute atomic E-state index is 0.0468. The number of carbonyl (C=O) groups is 2. The monoisotopic (exact) mass is 491 g/mol. The van der Waals surface area contributed by atoms with Crippen LogP contribution in [0.15, 0.2) is 76.8 Å². The minimum atomic E-state index is -0.795. The van der Waals surface area contributed by atoms with Gasteiger partial charge in [-0.3, -0.25) is 14.5 Å². The van der Waals surface area contributed by atoms with E-state index >= 15 is 0 Å². The molecule has 1 N–H and O–H groups in total. The van der Waals surface area contributed by atoms with Crippen molar-refractivity contribution in [2.45, 2.75) is 19.9 Å². The molecule has 1 heterocycles. The number of hydrogen-bond donors (Lipinski definition) is 1. The number of hydrogen-bond acceptors (Lipinski definition) is 4. The largest absolute Gasteiger partial charge is 0.507 e. The molecule has 0 aromatic heterocycles. The van der Waals surface area contributed by atoms with Gasteiger partial charge in [-0.15, -0.1) is 0 Å². The molecule has 0 aliphatic carbocycles. The molecule has 0 bridgehead atoms. The molecule has 3 aromatic rings. The molecule has 1 unspecified atom stereocenters. The first kappa shape index (κ1) is 21.8. The summed E-state index contributed by atoms with van der Waals surface area (Å²) in [7, 11) is 1.56. The summed E-state index contributed by atoms with van der Waals surface area (Å²) in [6.45, 7) is 3.85. The van der Waals surface area contributed by atoms with Gasteiger partial charge in [0, 0.05) is 15.7 Å². The van der Waals surface area contributed by atoms with E-state index in [1.807, 2.05) is 32.0 Å². The summed E-state index contributed by atoms with van der Waals surface area (Å²) in [6, 6.07) is 19.1. The van der Waals surface area contributed by atoms with E-state index in [1.165, 1.54) is 4.90 Å². The zero-order chi connectivity index (χ0) is 23.0. The van der Waals surface area contributed by atoms with E-state index < -0.39 is 17.7 Å². The molecule has 1 aliphatic heterocycles. The topological polar surface area (TPSA) is 66.8 Å². The molecule has 0 saturated carbocycles. The predicted octanol–water partition coefficient (Wildman–Crippen LogP) is 5.70. The third-order valence-electron chi connectivity index (χ3n) is 5.60. The Morgan fingerprint density at radius 1 is 1.00 bits per heavy atom. The lowest BCUT2D eigenvalue weighted by atomic mass is 9.94. The highest BCUT2D eigenvalue weighted by molar-refractivity contribution is 9.10. The molecule has 1 amide bonds. The fraction of sp³-hybridized carbons (Fsp3) is 0.154. The molecule has 1 fully saturated rings. The Bertz CT molecular complexity index is 1250. The van der Waals surface area contributed by atoms with Gasteiger partial charge in [0.2, 0.25) is 0 Å². The van der Waals surface area contributed by atoms with Crippen molar-refractivity contribution in [3.8, 4) is 5.75 Å². The number of ether oxygens (including phenoxy) is 1. The summed E-state index contributed by atoms with van der Waals surface area (Å²) >= 11 is 3.45. The Labute approximate surface area is 195 Å². The molecule has 4 rings (SSSR count). The number of rotatable bonds is 4. The second-order valence-electron chi connectivity index (χ2n) is 7.75. The fourth-order valence-corrected chi connectivity index (χ4v) is 4.13. The Balaban J connectivity index is 1.96. The van der Waals surface area contributed by atoms with Gasteiger partial charge in [-0.25, -0.2) is 0 Å². The number of amides is 1. The molecule has 32 heavy (non-hydrogen) atoms. The predicted molar refractivity (Wildman–Crippen MR) is 128 cm³/mol. The van der Waals surface area contributed by atoms with Crippen LogP contribution in [-0.4, -0.2) is 23.9 Å². The molecule has 5 nitrogen and oxygen atoms in total. The van der Waals surface area contributed by atoms with Crippen molar-refractivity contribution in [3.05, 3.63) is 99.0 Å². The number of ketones is 1. The number of aliphatic hydroxyl groups excluding tert-OH is 1. The van der Waals surface area contributed by atoms with E-state index in [-0.39, 0.29) is 11.3 Å². The standard InChI is InChI=1S/C26H22BrNO4/c1-15-7-10-19(11-8-15)28-23(17-5-4-6-20(14-17)32-3)22(25(30)26(28)31)24(29)18-9-12-21(27)16(2)13-18/h4-14,23,29H,1-3H3/b24-22-. The second kappa shape index (κ2) is 8.63. The Morgan fingerprint density at radius 3 is 2.38 bits per heavy atom. The summed E-state index contributed by atoms with van der Waals surface area (Å²) in [5, 5.41) is 11.2. The van der Waals surface area contributed by atoms with E-state index in [9.17, 15) is 14.7 Å². The van der Waals surface area contributed by atoms with Crippen LogP contribution >= 0.6 is 15.9 Å². The number of aryl methyl sites for hydroxylation is 2. The van der Waals surface area contributed by atoms with Crippen LogP contribution in [0.25, 0.3) is 5.76 Å². The minimum Gasteiger partial charge on any atom is -0.507 e. The Kier molecular flexibility index (Phi) is 5.89. The Morgan fingerprint density at radius 2 is 1.72 bits per heavy atom. The Hall–Kier alpha value is -3.38. The number of benzene rings is 3. The molecular weight excluding hydrogens is 470 g/mol. The number of anilines is 1. The van der Waals surface area contributed by atoms with E-state index in [0.29, 0.717) is 22.6 Å². The molecule has 1 atom stereocenters. The molecule has 162 valence electrons. The number of halogens is 1. The van der Waals surface area contributed by atoms with Crippen molar-refractivity contribution in [2.24, 2.45) is 0 Å². The van der Waals surface area contributed by atoms with Crippen LogP contribution in [0.1, 0.15) is 28.3 Å². The van der Waals surface area contributed by atoms with Crippen LogP contribution in [0.5, 0.6) is 5.75 Å². The SMILES string of the molecule is COc1cccc(C2/C(=C(/O)c3ccc(Br)c(C)c3)C(=O)C(=O)N2c2ccc(C)cc2)c1. The molecule has 0 spiro atoms. The molecule has 6 heteroatoms. The lowest BCUT2D eigenvalue weighted by Gasteiger charge is -2.26. The molecular formula is C26H22BrNO4. The van der Waals surface area contributed by atoms with Gasteiger partial charge in [0.05, 0.1) is 18.7 Å². The summed E-state index contributed by atoms with van der Waals surface area (Å²) in [6.07, 6.45) is 0. The van der Waals surface area contributed by atoms with Gasteiger partial charge in [0.1, 0.15) is 11.5 Å². The van der Waals surface area contributed by atoms with Crippen molar-refractivity contribution < 1.29 is 19.4 Å². The van der Waals surface area contributed by atoms with Crippen LogP contribution < -0.4 is 9.64 Å². The lowest BCUT2D eigenvalue weighted by Crippen LogP contribution is -2.29. The summed E-state index contributed by atoms with van der Waals surface area (Å²) in [4.78, 5) is 27.8. The fourth-order valence-electron chi connectivity index (χ4n) is 3.88. The summed E-state index contributed by atoms with van der Waals surface area (Å²) < 4.78 is 6.25. The first-order valence-corrected chi connectivity index (χ1v) is 10.9. The molecule has 1 saturated heterocycles. The highest BCUT2D eigenvalue weighted by Crippen LogP contribution is 2.43.